The molecular formula is C29H29N5O2S. The third kappa shape index (κ3) is 6.04. The van der Waals surface area contributed by atoms with E-state index < -0.39 is 6.03 Å². The number of hydrogen-bond donors (Lipinski definition) is 2. The van der Waals surface area contributed by atoms with E-state index >= 15 is 0 Å². The summed E-state index contributed by atoms with van der Waals surface area (Å²) in [4.78, 5) is 34.1. The summed E-state index contributed by atoms with van der Waals surface area (Å²) in [6, 6.07) is 28.3. The highest BCUT2D eigenvalue weighted by Gasteiger charge is 2.29. The second-order valence-corrected chi connectivity index (χ2v) is 9.89. The lowest BCUT2D eigenvalue weighted by atomic mass is 9.96. The molecule has 0 saturated carbocycles. The van der Waals surface area contributed by atoms with E-state index in [2.05, 4.69) is 69.0 Å². The van der Waals surface area contributed by atoms with Crippen LogP contribution in [0.1, 0.15) is 33.2 Å². The van der Waals surface area contributed by atoms with Gasteiger partial charge in [-0.25, -0.2) is 9.78 Å². The average molecular weight is 512 g/mol. The number of piperazine rings is 1. The van der Waals surface area contributed by atoms with E-state index in [1.807, 2.05) is 48.2 Å². The van der Waals surface area contributed by atoms with E-state index in [-0.39, 0.29) is 11.9 Å². The van der Waals surface area contributed by atoms with E-state index in [9.17, 15) is 9.59 Å². The molecule has 7 nitrogen and oxygen atoms in total. The molecule has 2 heterocycles. The minimum Gasteiger partial charge on any atom is -0.335 e. The van der Waals surface area contributed by atoms with Crippen LogP contribution in [0.3, 0.4) is 0 Å². The molecule has 188 valence electrons. The van der Waals surface area contributed by atoms with Crippen molar-refractivity contribution in [2.45, 2.75) is 13.0 Å². The number of benzene rings is 3. The highest BCUT2D eigenvalue weighted by molar-refractivity contribution is 7.14. The fourth-order valence-electron chi connectivity index (χ4n) is 4.56. The molecule has 0 aliphatic carbocycles. The number of anilines is 2. The van der Waals surface area contributed by atoms with Crippen LogP contribution in [0, 0.1) is 6.92 Å². The predicted octanol–water partition coefficient (Wildman–Crippen LogP) is 5.64. The van der Waals surface area contributed by atoms with Crippen molar-refractivity contribution in [3.8, 4) is 0 Å². The zero-order valence-electron chi connectivity index (χ0n) is 20.6. The molecular weight excluding hydrogens is 482 g/mol. The molecule has 1 aliphatic heterocycles. The zero-order chi connectivity index (χ0) is 25.6. The molecule has 3 amide bonds. The van der Waals surface area contributed by atoms with Gasteiger partial charge in [0.05, 0.1) is 6.04 Å². The number of thiazole rings is 1. The van der Waals surface area contributed by atoms with Gasteiger partial charge >= 0.3 is 6.03 Å². The lowest BCUT2D eigenvalue weighted by Gasteiger charge is -2.39. The first-order valence-corrected chi connectivity index (χ1v) is 13.2. The Hall–Kier alpha value is -4.01. The molecule has 8 heteroatoms. The van der Waals surface area contributed by atoms with Crippen LogP contribution in [0.25, 0.3) is 0 Å². The van der Waals surface area contributed by atoms with E-state index in [1.54, 1.807) is 5.38 Å². The number of carbonyl (C=O) groups excluding carboxylic acids is 2. The maximum atomic E-state index is 13.2. The minimum absolute atomic E-state index is 0.112. The summed E-state index contributed by atoms with van der Waals surface area (Å²) in [7, 11) is 0. The van der Waals surface area contributed by atoms with Crippen LogP contribution in [0.4, 0.5) is 15.6 Å². The molecule has 0 atom stereocenters. The quantitative estimate of drug-likeness (QED) is 0.351. The van der Waals surface area contributed by atoms with Gasteiger partial charge in [0.15, 0.2) is 5.13 Å². The Balaban J connectivity index is 1.20. The number of aryl methyl sites for hydroxylation is 1. The van der Waals surface area contributed by atoms with Crippen LogP contribution in [-0.2, 0) is 0 Å². The molecule has 5 rings (SSSR count). The molecule has 1 aliphatic rings. The third-order valence-corrected chi connectivity index (χ3v) is 7.21. The Labute approximate surface area is 220 Å². The van der Waals surface area contributed by atoms with Crippen LogP contribution in [0.15, 0.2) is 90.3 Å². The Kier molecular flexibility index (Phi) is 7.58. The van der Waals surface area contributed by atoms with Gasteiger partial charge in [0.25, 0.3) is 5.91 Å². The van der Waals surface area contributed by atoms with Gasteiger partial charge < -0.3 is 10.2 Å². The molecule has 1 fully saturated rings. The van der Waals surface area contributed by atoms with Crippen LogP contribution in [0.5, 0.6) is 0 Å². The summed E-state index contributed by atoms with van der Waals surface area (Å²) in [5.41, 5.74) is 4.65. The number of nitrogens with zero attached hydrogens (tertiary/aromatic N) is 3. The van der Waals surface area contributed by atoms with Gasteiger partial charge in [-0.3, -0.25) is 15.0 Å². The number of amides is 3. The van der Waals surface area contributed by atoms with Crippen LogP contribution < -0.4 is 10.6 Å². The first kappa shape index (κ1) is 24.7. The van der Waals surface area contributed by atoms with Crippen molar-refractivity contribution in [2.24, 2.45) is 0 Å². The molecule has 0 radical (unpaired) electrons. The van der Waals surface area contributed by atoms with Crippen molar-refractivity contribution in [1.29, 1.82) is 0 Å². The van der Waals surface area contributed by atoms with Gasteiger partial charge in [0, 0.05) is 37.2 Å². The summed E-state index contributed by atoms with van der Waals surface area (Å²) < 4.78 is 0. The Bertz CT molecular complexity index is 1290. The van der Waals surface area contributed by atoms with Crippen LogP contribution in [0.2, 0.25) is 0 Å². The van der Waals surface area contributed by atoms with E-state index in [0.717, 1.165) is 18.7 Å². The summed E-state index contributed by atoms with van der Waals surface area (Å²) >= 11 is 1.24. The van der Waals surface area contributed by atoms with Gasteiger partial charge in [0.2, 0.25) is 0 Å². The highest BCUT2D eigenvalue weighted by atomic mass is 32.1. The smallest absolute Gasteiger partial charge is 0.325 e. The van der Waals surface area contributed by atoms with Gasteiger partial charge in [-0.15, -0.1) is 11.3 Å². The average Bonchev–Trinajstić information content (AvgIpc) is 3.40. The molecule has 2 N–H and O–H groups in total. The lowest BCUT2D eigenvalue weighted by molar-refractivity contribution is 0.0592. The number of urea groups is 1. The largest absolute Gasteiger partial charge is 0.335 e. The number of carbonyl (C=O) groups is 2. The van der Waals surface area contributed by atoms with Gasteiger partial charge in [0.1, 0.15) is 5.69 Å². The van der Waals surface area contributed by atoms with Crippen molar-refractivity contribution in [1.82, 2.24) is 14.8 Å². The second-order valence-electron chi connectivity index (χ2n) is 9.04. The standard InChI is InChI=1S/C29H29N5O2S/c1-21-12-14-24(15-13-21)30-28(36)32-29-31-25(20-37-29)27(35)34-18-16-33(17-19-34)26(22-8-4-2-5-9-22)23-10-6-3-7-11-23/h2-15,20,26H,16-19H2,1H3,(H2,30,31,32,36). The molecule has 1 aromatic heterocycles. The summed E-state index contributed by atoms with van der Waals surface area (Å²) in [6.07, 6.45) is 0. The fraction of sp³-hybridized carbons (Fsp3) is 0.207. The first-order chi connectivity index (χ1) is 18.1. The van der Waals surface area contributed by atoms with E-state index in [0.29, 0.717) is 29.6 Å². The summed E-state index contributed by atoms with van der Waals surface area (Å²) in [5.74, 6) is -0.112. The van der Waals surface area contributed by atoms with Crippen LogP contribution in [-0.4, -0.2) is 52.9 Å². The molecule has 0 unspecified atom stereocenters. The van der Waals surface area contributed by atoms with E-state index in [1.165, 1.54) is 22.5 Å². The zero-order valence-corrected chi connectivity index (χ0v) is 21.4. The normalized spacial score (nSPS) is 13.9. The number of nitrogens with one attached hydrogen (secondary N) is 2. The minimum atomic E-state index is -0.390. The molecule has 1 saturated heterocycles. The van der Waals surface area contributed by atoms with E-state index in [4.69, 9.17) is 0 Å². The van der Waals surface area contributed by atoms with Crippen molar-refractivity contribution in [3.63, 3.8) is 0 Å². The fourth-order valence-corrected chi connectivity index (χ4v) is 5.24. The van der Waals surface area contributed by atoms with Crippen molar-refractivity contribution < 1.29 is 9.59 Å². The van der Waals surface area contributed by atoms with Crippen LogP contribution >= 0.6 is 11.3 Å². The Morgan fingerprint density at radius 1 is 0.811 bits per heavy atom. The topological polar surface area (TPSA) is 77.6 Å². The maximum absolute atomic E-state index is 13.2. The van der Waals surface area contributed by atoms with Crippen molar-refractivity contribution >= 4 is 34.1 Å². The van der Waals surface area contributed by atoms with Crippen molar-refractivity contribution in [2.75, 3.05) is 36.8 Å². The number of rotatable bonds is 6. The Morgan fingerprint density at radius 3 is 2.00 bits per heavy atom. The summed E-state index contributed by atoms with van der Waals surface area (Å²) in [5, 5.41) is 7.59. The van der Waals surface area contributed by atoms with Gasteiger partial charge in [-0.1, -0.05) is 78.4 Å². The molecule has 4 aromatic rings. The number of hydrogen-bond acceptors (Lipinski definition) is 5. The van der Waals surface area contributed by atoms with Gasteiger partial charge in [-0.05, 0) is 30.2 Å². The molecule has 37 heavy (non-hydrogen) atoms. The molecule has 3 aromatic carbocycles. The number of aromatic nitrogens is 1. The first-order valence-electron chi connectivity index (χ1n) is 12.3. The molecule has 0 spiro atoms. The monoisotopic (exact) mass is 511 g/mol. The third-order valence-electron chi connectivity index (χ3n) is 6.45. The van der Waals surface area contributed by atoms with Crippen molar-refractivity contribution in [3.05, 3.63) is 113 Å². The lowest BCUT2D eigenvalue weighted by Crippen LogP contribution is -2.50. The maximum Gasteiger partial charge on any atom is 0.325 e. The SMILES string of the molecule is Cc1ccc(NC(=O)Nc2nc(C(=O)N3CCN(C(c4ccccc4)c4ccccc4)CC3)cs2)cc1. The second kappa shape index (κ2) is 11.4. The molecule has 0 bridgehead atoms. The Morgan fingerprint density at radius 2 is 1.41 bits per heavy atom. The summed E-state index contributed by atoms with van der Waals surface area (Å²) in [6.45, 7) is 4.73. The van der Waals surface area contributed by atoms with Gasteiger partial charge in [-0.2, -0.15) is 0 Å². The highest BCUT2D eigenvalue weighted by Crippen LogP contribution is 2.30. The predicted molar refractivity (Wildman–Crippen MR) is 148 cm³/mol.